The number of aromatic nitrogens is 2. The first kappa shape index (κ1) is 15.4. The molecule has 1 amide bonds. The highest BCUT2D eigenvalue weighted by molar-refractivity contribution is 7.13. The quantitative estimate of drug-likeness (QED) is 0.782. The Morgan fingerprint density at radius 3 is 2.87 bits per heavy atom. The van der Waals surface area contributed by atoms with Gasteiger partial charge < -0.3 is 5.32 Å². The van der Waals surface area contributed by atoms with Crippen LogP contribution >= 0.6 is 11.3 Å². The normalized spacial score (nSPS) is 10.5. The Balaban J connectivity index is 1.58. The van der Waals surface area contributed by atoms with Gasteiger partial charge in [0.1, 0.15) is 5.01 Å². The van der Waals surface area contributed by atoms with Crippen molar-refractivity contribution in [3.8, 4) is 10.6 Å². The van der Waals surface area contributed by atoms with Crippen molar-refractivity contribution in [1.82, 2.24) is 15.3 Å². The lowest BCUT2D eigenvalue weighted by Gasteiger charge is -2.03. The number of rotatable bonds is 5. The van der Waals surface area contributed by atoms with Crippen LogP contribution in [0, 0.1) is 6.92 Å². The maximum absolute atomic E-state index is 11.9. The Morgan fingerprint density at radius 1 is 1.22 bits per heavy atom. The molecule has 116 valence electrons. The minimum Gasteiger partial charge on any atom is -0.352 e. The molecule has 0 radical (unpaired) electrons. The smallest absolute Gasteiger partial charge is 0.252 e. The molecule has 23 heavy (non-hydrogen) atoms. The minimum atomic E-state index is -0.104. The fourth-order valence-corrected chi connectivity index (χ4v) is 3.21. The summed E-state index contributed by atoms with van der Waals surface area (Å²) >= 11 is 1.64. The number of nitrogens with one attached hydrogen (secondary N) is 1. The van der Waals surface area contributed by atoms with Crippen molar-refractivity contribution >= 4 is 17.2 Å². The first-order valence-corrected chi connectivity index (χ1v) is 8.30. The Bertz CT molecular complexity index is 799. The Hall–Kier alpha value is -2.53. The van der Waals surface area contributed by atoms with Gasteiger partial charge in [-0.15, -0.1) is 11.3 Å². The Kier molecular flexibility index (Phi) is 4.78. The van der Waals surface area contributed by atoms with Gasteiger partial charge in [-0.25, -0.2) is 4.98 Å². The summed E-state index contributed by atoms with van der Waals surface area (Å²) < 4.78 is 0. The summed E-state index contributed by atoms with van der Waals surface area (Å²) in [5.74, 6) is -0.104. The molecule has 1 aromatic carbocycles. The van der Waals surface area contributed by atoms with Crippen molar-refractivity contribution in [3.05, 3.63) is 71.0 Å². The van der Waals surface area contributed by atoms with E-state index < -0.39 is 0 Å². The van der Waals surface area contributed by atoms with Gasteiger partial charge in [-0.05, 0) is 24.6 Å². The molecule has 2 aromatic heterocycles. The molecule has 0 aliphatic rings. The van der Waals surface area contributed by atoms with Crippen molar-refractivity contribution in [2.75, 3.05) is 6.54 Å². The van der Waals surface area contributed by atoms with Crippen LogP contribution in [-0.4, -0.2) is 22.4 Å². The van der Waals surface area contributed by atoms with Gasteiger partial charge in [-0.2, -0.15) is 0 Å². The van der Waals surface area contributed by atoms with E-state index in [1.165, 1.54) is 11.1 Å². The second-order valence-electron chi connectivity index (χ2n) is 5.21. The van der Waals surface area contributed by atoms with E-state index in [9.17, 15) is 4.79 Å². The van der Waals surface area contributed by atoms with Crippen molar-refractivity contribution in [2.24, 2.45) is 0 Å². The second-order valence-corrected chi connectivity index (χ2v) is 6.06. The fourth-order valence-electron chi connectivity index (χ4n) is 2.26. The van der Waals surface area contributed by atoms with Crippen LogP contribution in [0.25, 0.3) is 10.6 Å². The third kappa shape index (κ3) is 3.81. The van der Waals surface area contributed by atoms with Crippen LogP contribution in [0.15, 0.2) is 54.2 Å². The van der Waals surface area contributed by atoms with E-state index in [0.29, 0.717) is 18.5 Å². The maximum atomic E-state index is 11.9. The van der Waals surface area contributed by atoms with Gasteiger partial charge in [0.2, 0.25) is 0 Å². The number of hydrogen-bond acceptors (Lipinski definition) is 4. The van der Waals surface area contributed by atoms with Crippen molar-refractivity contribution < 1.29 is 4.79 Å². The predicted molar refractivity (Wildman–Crippen MR) is 92.6 cm³/mol. The Labute approximate surface area is 139 Å². The van der Waals surface area contributed by atoms with Gasteiger partial charge in [0.05, 0.1) is 11.3 Å². The highest BCUT2D eigenvalue weighted by Crippen LogP contribution is 2.26. The van der Waals surface area contributed by atoms with Gasteiger partial charge in [0.15, 0.2) is 0 Å². The SMILES string of the molecule is Cc1ccccc1-c1nc(CCNC(=O)c2cccnc2)cs1. The summed E-state index contributed by atoms with van der Waals surface area (Å²) in [6.45, 7) is 2.65. The molecule has 0 aliphatic carbocycles. The molecule has 0 atom stereocenters. The molecular weight excluding hydrogens is 306 g/mol. The molecule has 0 unspecified atom stereocenters. The molecule has 0 saturated carbocycles. The summed E-state index contributed by atoms with van der Waals surface area (Å²) in [6, 6.07) is 11.7. The Morgan fingerprint density at radius 2 is 2.09 bits per heavy atom. The number of nitrogens with zero attached hydrogens (tertiary/aromatic N) is 2. The molecule has 0 aliphatic heterocycles. The van der Waals surface area contributed by atoms with Gasteiger partial charge in [-0.3, -0.25) is 9.78 Å². The van der Waals surface area contributed by atoms with Gasteiger partial charge in [0.25, 0.3) is 5.91 Å². The summed E-state index contributed by atoms with van der Waals surface area (Å²) in [7, 11) is 0. The van der Waals surface area contributed by atoms with E-state index in [0.717, 1.165) is 10.7 Å². The first-order valence-electron chi connectivity index (χ1n) is 7.42. The van der Waals surface area contributed by atoms with E-state index in [1.54, 1.807) is 35.9 Å². The monoisotopic (exact) mass is 323 g/mol. The third-order valence-electron chi connectivity index (χ3n) is 3.52. The zero-order chi connectivity index (χ0) is 16.1. The second kappa shape index (κ2) is 7.15. The number of pyridine rings is 1. The largest absolute Gasteiger partial charge is 0.352 e. The summed E-state index contributed by atoms with van der Waals surface area (Å²) in [4.78, 5) is 20.5. The molecule has 0 spiro atoms. The molecule has 4 nitrogen and oxygen atoms in total. The first-order chi connectivity index (χ1) is 11.2. The molecule has 0 saturated heterocycles. The van der Waals surface area contributed by atoms with Gasteiger partial charge >= 0.3 is 0 Å². The molecular formula is C18H17N3OS. The highest BCUT2D eigenvalue weighted by atomic mass is 32.1. The van der Waals surface area contributed by atoms with E-state index in [-0.39, 0.29) is 5.91 Å². The van der Waals surface area contributed by atoms with Crippen LogP contribution in [-0.2, 0) is 6.42 Å². The molecule has 0 bridgehead atoms. The summed E-state index contributed by atoms with van der Waals surface area (Å²) in [6.07, 6.45) is 3.93. The summed E-state index contributed by atoms with van der Waals surface area (Å²) in [5, 5.41) is 5.97. The topological polar surface area (TPSA) is 54.9 Å². The van der Waals surface area contributed by atoms with Crippen LogP contribution in [0.1, 0.15) is 21.6 Å². The fraction of sp³-hybridized carbons (Fsp3) is 0.167. The number of thiazole rings is 1. The van der Waals surface area contributed by atoms with Gasteiger partial charge in [-0.1, -0.05) is 24.3 Å². The van der Waals surface area contributed by atoms with Crippen LogP contribution in [0.3, 0.4) is 0 Å². The zero-order valence-corrected chi connectivity index (χ0v) is 13.6. The number of aryl methyl sites for hydroxylation is 1. The summed E-state index contributed by atoms with van der Waals surface area (Å²) in [5.41, 5.74) is 3.97. The van der Waals surface area contributed by atoms with Crippen LogP contribution < -0.4 is 5.32 Å². The number of amides is 1. The van der Waals surface area contributed by atoms with E-state index >= 15 is 0 Å². The van der Waals surface area contributed by atoms with Crippen molar-refractivity contribution in [2.45, 2.75) is 13.3 Å². The minimum absolute atomic E-state index is 0.104. The average Bonchev–Trinajstić information content (AvgIpc) is 3.04. The van der Waals surface area contributed by atoms with Crippen LogP contribution in [0.4, 0.5) is 0 Å². The number of hydrogen-bond donors (Lipinski definition) is 1. The molecule has 1 N–H and O–H groups in total. The van der Waals surface area contributed by atoms with Crippen molar-refractivity contribution in [3.63, 3.8) is 0 Å². The van der Waals surface area contributed by atoms with E-state index in [4.69, 9.17) is 0 Å². The molecule has 2 heterocycles. The molecule has 3 aromatic rings. The van der Waals surface area contributed by atoms with E-state index in [1.807, 2.05) is 12.1 Å². The lowest BCUT2D eigenvalue weighted by Crippen LogP contribution is -2.25. The third-order valence-corrected chi connectivity index (χ3v) is 4.44. The predicted octanol–water partition coefficient (Wildman–Crippen LogP) is 3.49. The molecule has 5 heteroatoms. The average molecular weight is 323 g/mol. The maximum Gasteiger partial charge on any atom is 0.252 e. The van der Waals surface area contributed by atoms with Gasteiger partial charge in [0, 0.05) is 36.3 Å². The molecule has 0 fully saturated rings. The number of benzene rings is 1. The van der Waals surface area contributed by atoms with E-state index in [2.05, 4.69) is 39.7 Å². The van der Waals surface area contributed by atoms with Crippen LogP contribution in [0.5, 0.6) is 0 Å². The lowest BCUT2D eigenvalue weighted by molar-refractivity contribution is 0.0953. The van der Waals surface area contributed by atoms with Crippen molar-refractivity contribution in [1.29, 1.82) is 0 Å². The lowest BCUT2D eigenvalue weighted by atomic mass is 10.1. The van der Waals surface area contributed by atoms with Crippen LogP contribution in [0.2, 0.25) is 0 Å². The zero-order valence-electron chi connectivity index (χ0n) is 12.8. The molecule has 3 rings (SSSR count). The highest BCUT2D eigenvalue weighted by Gasteiger charge is 2.08. The standard InChI is InChI=1S/C18H17N3OS/c1-13-5-2-3-7-16(13)18-21-15(12-23-18)8-10-20-17(22)14-6-4-9-19-11-14/h2-7,9,11-12H,8,10H2,1H3,(H,20,22). The number of carbonyl (C=O) groups is 1. The number of carbonyl (C=O) groups excluding carboxylic acids is 1.